The van der Waals surface area contributed by atoms with E-state index in [0.29, 0.717) is 27.1 Å². The van der Waals surface area contributed by atoms with Crippen molar-refractivity contribution in [2.45, 2.75) is 0 Å². The van der Waals surface area contributed by atoms with Crippen LogP contribution in [0.3, 0.4) is 0 Å². The number of hydrogen-bond acceptors (Lipinski definition) is 2. The van der Waals surface area contributed by atoms with Crippen molar-refractivity contribution in [3.8, 4) is 11.5 Å². The smallest absolute Gasteiger partial charge is 0.128 e. The van der Waals surface area contributed by atoms with Gasteiger partial charge < -0.3 is 10.5 Å². The van der Waals surface area contributed by atoms with E-state index in [4.69, 9.17) is 39.1 Å². The Morgan fingerprint density at radius 2 is 1.61 bits per heavy atom. The first-order valence-corrected chi connectivity index (χ1v) is 5.89. The van der Waals surface area contributed by atoms with Crippen molar-refractivity contribution in [3.63, 3.8) is 0 Å². The number of hydrogen-bond donors (Lipinski definition) is 2. The van der Waals surface area contributed by atoms with Gasteiger partial charge in [0.15, 0.2) is 0 Å². The summed E-state index contributed by atoms with van der Waals surface area (Å²) in [6.45, 7) is 0. The van der Waals surface area contributed by atoms with Gasteiger partial charge in [0, 0.05) is 16.7 Å². The van der Waals surface area contributed by atoms with Crippen LogP contribution in [0.1, 0.15) is 5.56 Å². The summed E-state index contributed by atoms with van der Waals surface area (Å²) >= 11 is 11.8. The maximum absolute atomic E-state index is 7.33. The molecule has 92 valence electrons. The molecule has 2 rings (SSSR count). The minimum Gasteiger partial charge on any atom is -0.457 e. The van der Waals surface area contributed by atoms with Crippen molar-refractivity contribution in [2.75, 3.05) is 0 Å². The summed E-state index contributed by atoms with van der Waals surface area (Å²) in [5, 5.41) is 8.36. The van der Waals surface area contributed by atoms with E-state index in [1.54, 1.807) is 42.5 Å². The minimum absolute atomic E-state index is 0.0713. The van der Waals surface area contributed by atoms with Gasteiger partial charge in [0.25, 0.3) is 0 Å². The first-order valence-electron chi connectivity index (χ1n) is 5.13. The van der Waals surface area contributed by atoms with Crippen molar-refractivity contribution in [3.05, 3.63) is 58.1 Å². The molecule has 0 atom stereocenters. The van der Waals surface area contributed by atoms with Gasteiger partial charge in [0.1, 0.15) is 17.3 Å². The van der Waals surface area contributed by atoms with Gasteiger partial charge in [-0.1, -0.05) is 23.2 Å². The Morgan fingerprint density at radius 1 is 1.00 bits per heavy atom. The molecular weight excluding hydrogens is 271 g/mol. The van der Waals surface area contributed by atoms with E-state index in [0.717, 1.165) is 0 Å². The summed E-state index contributed by atoms with van der Waals surface area (Å²) in [6.07, 6.45) is 0. The highest BCUT2D eigenvalue weighted by Crippen LogP contribution is 2.27. The van der Waals surface area contributed by atoms with Crippen LogP contribution >= 0.6 is 23.2 Å². The third-order valence-corrected chi connectivity index (χ3v) is 2.84. The first-order chi connectivity index (χ1) is 8.56. The molecule has 0 radical (unpaired) electrons. The van der Waals surface area contributed by atoms with Crippen LogP contribution in [0, 0.1) is 5.41 Å². The van der Waals surface area contributed by atoms with E-state index in [2.05, 4.69) is 0 Å². The second-order valence-corrected chi connectivity index (χ2v) is 4.45. The van der Waals surface area contributed by atoms with Crippen LogP contribution < -0.4 is 10.5 Å². The predicted octanol–water partition coefficient (Wildman–Crippen LogP) is 4.07. The van der Waals surface area contributed by atoms with E-state index < -0.39 is 0 Å². The molecule has 2 aromatic rings. The number of halogens is 2. The van der Waals surface area contributed by atoms with Gasteiger partial charge in [-0.05, 0) is 36.4 Å². The lowest BCUT2D eigenvalue weighted by Gasteiger charge is -2.08. The maximum atomic E-state index is 7.33. The third kappa shape index (κ3) is 2.94. The van der Waals surface area contributed by atoms with Crippen LogP contribution in [-0.4, -0.2) is 5.84 Å². The van der Waals surface area contributed by atoms with Crippen molar-refractivity contribution in [1.82, 2.24) is 0 Å². The molecule has 0 unspecified atom stereocenters. The number of amidine groups is 1. The van der Waals surface area contributed by atoms with Crippen LogP contribution in [0.15, 0.2) is 42.5 Å². The summed E-state index contributed by atoms with van der Waals surface area (Å²) in [7, 11) is 0. The molecule has 0 amide bonds. The van der Waals surface area contributed by atoms with Crippen molar-refractivity contribution >= 4 is 29.0 Å². The lowest BCUT2D eigenvalue weighted by molar-refractivity contribution is 0.482. The Balaban J connectivity index is 2.22. The topological polar surface area (TPSA) is 59.1 Å². The van der Waals surface area contributed by atoms with Crippen LogP contribution in [-0.2, 0) is 0 Å². The molecule has 0 bridgehead atoms. The summed E-state index contributed by atoms with van der Waals surface area (Å²) in [4.78, 5) is 0. The van der Waals surface area contributed by atoms with Gasteiger partial charge in [0.2, 0.25) is 0 Å². The molecule has 0 saturated carbocycles. The molecule has 0 heterocycles. The molecule has 5 heteroatoms. The lowest BCUT2D eigenvalue weighted by Crippen LogP contribution is -2.11. The fourth-order valence-electron chi connectivity index (χ4n) is 1.42. The molecule has 18 heavy (non-hydrogen) atoms. The number of nitrogens with one attached hydrogen (secondary N) is 1. The van der Waals surface area contributed by atoms with Crippen LogP contribution in [0.2, 0.25) is 10.0 Å². The summed E-state index contributed by atoms with van der Waals surface area (Å²) in [5.74, 6) is 1.16. The van der Waals surface area contributed by atoms with E-state index in [1.807, 2.05) is 0 Å². The standard InChI is InChI=1S/C13H10Cl2N2O/c14-8-1-3-9(4-2-8)18-10-5-6-11(13(16)17)12(15)7-10/h1-7H,(H3,16,17). The zero-order valence-corrected chi connectivity index (χ0v) is 10.8. The molecule has 3 N–H and O–H groups in total. The van der Waals surface area contributed by atoms with Crippen molar-refractivity contribution in [1.29, 1.82) is 5.41 Å². The molecule has 0 spiro atoms. The van der Waals surface area contributed by atoms with Gasteiger partial charge in [-0.25, -0.2) is 0 Å². The zero-order chi connectivity index (χ0) is 13.1. The summed E-state index contributed by atoms with van der Waals surface area (Å²) < 4.78 is 5.59. The second kappa shape index (κ2) is 5.29. The summed E-state index contributed by atoms with van der Waals surface area (Å²) in [5.41, 5.74) is 5.86. The van der Waals surface area contributed by atoms with Gasteiger partial charge in [-0.3, -0.25) is 5.41 Å². The molecule has 0 aliphatic carbocycles. The van der Waals surface area contributed by atoms with Crippen LogP contribution in [0.4, 0.5) is 0 Å². The highest BCUT2D eigenvalue weighted by Gasteiger charge is 2.05. The second-order valence-electron chi connectivity index (χ2n) is 3.61. The lowest BCUT2D eigenvalue weighted by atomic mass is 10.2. The van der Waals surface area contributed by atoms with E-state index in [1.165, 1.54) is 0 Å². The highest BCUT2D eigenvalue weighted by atomic mass is 35.5. The molecule has 0 saturated heterocycles. The maximum Gasteiger partial charge on any atom is 0.128 e. The number of benzene rings is 2. The van der Waals surface area contributed by atoms with Gasteiger partial charge in [-0.2, -0.15) is 0 Å². The molecule has 0 aliphatic heterocycles. The molecule has 0 aliphatic rings. The Hall–Kier alpha value is -1.71. The number of nitrogen functional groups attached to an aromatic ring is 1. The number of ether oxygens (including phenoxy) is 1. The van der Waals surface area contributed by atoms with E-state index >= 15 is 0 Å². The summed E-state index contributed by atoms with van der Waals surface area (Å²) in [6, 6.07) is 12.0. The Labute approximate surface area is 115 Å². The van der Waals surface area contributed by atoms with Gasteiger partial charge in [0.05, 0.1) is 5.02 Å². The van der Waals surface area contributed by atoms with E-state index in [-0.39, 0.29) is 5.84 Å². The monoisotopic (exact) mass is 280 g/mol. The fourth-order valence-corrected chi connectivity index (χ4v) is 1.81. The Morgan fingerprint density at radius 3 is 2.17 bits per heavy atom. The minimum atomic E-state index is -0.0713. The molecule has 0 aromatic heterocycles. The normalized spacial score (nSPS) is 10.1. The quantitative estimate of drug-likeness (QED) is 0.658. The largest absolute Gasteiger partial charge is 0.457 e. The van der Waals surface area contributed by atoms with Crippen molar-refractivity contribution < 1.29 is 4.74 Å². The average molecular weight is 281 g/mol. The van der Waals surface area contributed by atoms with E-state index in [9.17, 15) is 0 Å². The van der Waals surface area contributed by atoms with Gasteiger partial charge in [-0.15, -0.1) is 0 Å². The third-order valence-electron chi connectivity index (χ3n) is 2.28. The molecule has 3 nitrogen and oxygen atoms in total. The average Bonchev–Trinajstić information content (AvgIpc) is 2.32. The highest BCUT2D eigenvalue weighted by molar-refractivity contribution is 6.34. The zero-order valence-electron chi connectivity index (χ0n) is 9.28. The van der Waals surface area contributed by atoms with Crippen LogP contribution in [0.5, 0.6) is 11.5 Å². The SMILES string of the molecule is N=C(N)c1ccc(Oc2ccc(Cl)cc2)cc1Cl. The fraction of sp³-hybridized carbons (Fsp3) is 0. The van der Waals surface area contributed by atoms with Crippen LogP contribution in [0.25, 0.3) is 0 Å². The number of rotatable bonds is 3. The first kappa shape index (κ1) is 12.7. The Bertz CT molecular complexity index is 582. The molecular formula is C13H10Cl2N2O. The van der Waals surface area contributed by atoms with Crippen molar-refractivity contribution in [2.24, 2.45) is 5.73 Å². The van der Waals surface area contributed by atoms with Gasteiger partial charge >= 0.3 is 0 Å². The number of nitrogens with two attached hydrogens (primary N) is 1. The predicted molar refractivity (Wildman–Crippen MR) is 74.0 cm³/mol. The molecule has 0 fully saturated rings. The Kier molecular flexibility index (Phi) is 3.75. The molecule has 2 aromatic carbocycles.